The molecule has 1 fully saturated rings. The minimum absolute atomic E-state index is 0.132. The Kier molecular flexibility index (Phi) is 14.8. The fourth-order valence-electron chi connectivity index (χ4n) is 5.43. The van der Waals surface area contributed by atoms with E-state index in [0.29, 0.717) is 6.04 Å². The van der Waals surface area contributed by atoms with E-state index in [4.69, 9.17) is 4.74 Å². The lowest BCUT2D eigenvalue weighted by Gasteiger charge is -2.27. The standard InChI is InChI=1S/C17H26BrNO.C17H25NO2/c1-5-8-9-13(6-2)19-14-10-16(12(4)20)15(7-3)17(18)11-14;1-4-13-6-8-14(9-7-13)17(19)18-15-10-5-12(2)16(11-15)20-3/h10-11,13,19H,5-9H2,1-4H3;5,10-11,13-14H,4,6-9H2,1-3H3,(H,18,19). The molecule has 1 aliphatic rings. The van der Waals surface area contributed by atoms with Crippen LogP contribution in [0.4, 0.5) is 11.4 Å². The zero-order valence-corrected chi connectivity index (χ0v) is 27.4. The molecule has 3 rings (SSSR count). The molecule has 0 bridgehead atoms. The number of benzene rings is 2. The minimum atomic E-state index is 0.132. The molecular formula is C34H51BrN2O3. The number of unbranched alkanes of at least 4 members (excludes halogenated alkanes) is 1. The van der Waals surface area contributed by atoms with Gasteiger partial charge in [0.15, 0.2) is 5.78 Å². The summed E-state index contributed by atoms with van der Waals surface area (Å²) in [6.45, 7) is 12.4. The van der Waals surface area contributed by atoms with E-state index in [1.807, 2.05) is 31.2 Å². The van der Waals surface area contributed by atoms with Crippen molar-refractivity contribution in [3.8, 4) is 5.75 Å². The lowest BCUT2D eigenvalue weighted by molar-refractivity contribution is -0.121. The number of aryl methyl sites for hydroxylation is 1. The van der Waals surface area contributed by atoms with Crippen LogP contribution in [0.5, 0.6) is 5.75 Å². The summed E-state index contributed by atoms with van der Waals surface area (Å²) in [6.07, 6.45) is 11.2. The van der Waals surface area contributed by atoms with Crippen molar-refractivity contribution >= 4 is 39.0 Å². The molecule has 2 aromatic carbocycles. The number of nitrogens with one attached hydrogen (secondary N) is 2. The maximum absolute atomic E-state index is 12.3. The van der Waals surface area contributed by atoms with E-state index in [0.717, 1.165) is 69.9 Å². The number of anilines is 2. The van der Waals surface area contributed by atoms with E-state index in [2.05, 4.69) is 60.3 Å². The molecule has 0 aliphatic heterocycles. The van der Waals surface area contributed by atoms with Crippen LogP contribution in [0.25, 0.3) is 0 Å². The number of hydrogen-bond donors (Lipinski definition) is 2. The topological polar surface area (TPSA) is 67.4 Å². The van der Waals surface area contributed by atoms with Crippen molar-refractivity contribution in [2.75, 3.05) is 17.7 Å². The van der Waals surface area contributed by atoms with Gasteiger partial charge in [0.1, 0.15) is 5.75 Å². The van der Waals surface area contributed by atoms with Crippen LogP contribution >= 0.6 is 15.9 Å². The molecule has 6 heteroatoms. The number of carbonyl (C=O) groups is 2. The highest BCUT2D eigenvalue weighted by Gasteiger charge is 2.25. The summed E-state index contributed by atoms with van der Waals surface area (Å²) in [5.74, 6) is 2.10. The third kappa shape index (κ3) is 10.2. The molecule has 2 N–H and O–H groups in total. The Balaban J connectivity index is 0.000000280. The number of carbonyl (C=O) groups excluding carboxylic acids is 2. The lowest BCUT2D eigenvalue weighted by atomic mass is 9.80. The molecule has 40 heavy (non-hydrogen) atoms. The molecule has 0 aromatic heterocycles. The van der Waals surface area contributed by atoms with E-state index in [9.17, 15) is 9.59 Å². The second kappa shape index (κ2) is 17.5. The average Bonchev–Trinajstić information content (AvgIpc) is 2.96. The maximum atomic E-state index is 12.3. The third-order valence-corrected chi connectivity index (χ3v) is 8.88. The van der Waals surface area contributed by atoms with Crippen LogP contribution in [-0.4, -0.2) is 24.8 Å². The van der Waals surface area contributed by atoms with Gasteiger partial charge in [-0.25, -0.2) is 0 Å². The SMILES string of the molecule is CCC1CCC(C(=O)Nc2ccc(C)c(OC)c2)CC1.CCCCC(CC)Nc1cc(Br)c(CC)c(C(C)=O)c1. The third-order valence-electron chi connectivity index (χ3n) is 8.17. The molecule has 1 saturated carbocycles. The first-order valence-corrected chi connectivity index (χ1v) is 16.0. The Morgan fingerprint density at radius 1 is 1.02 bits per heavy atom. The second-order valence-corrected chi connectivity index (χ2v) is 11.9. The van der Waals surface area contributed by atoms with Crippen molar-refractivity contribution in [2.45, 2.75) is 112 Å². The van der Waals surface area contributed by atoms with Gasteiger partial charge < -0.3 is 15.4 Å². The number of amides is 1. The summed E-state index contributed by atoms with van der Waals surface area (Å²) in [5, 5.41) is 6.60. The van der Waals surface area contributed by atoms with E-state index in [1.54, 1.807) is 14.0 Å². The van der Waals surface area contributed by atoms with Crippen molar-refractivity contribution < 1.29 is 14.3 Å². The van der Waals surface area contributed by atoms with Crippen LogP contribution in [0.15, 0.2) is 34.8 Å². The first-order chi connectivity index (χ1) is 19.2. The van der Waals surface area contributed by atoms with Crippen LogP contribution in [0.2, 0.25) is 0 Å². The van der Waals surface area contributed by atoms with Crippen LogP contribution in [0, 0.1) is 18.8 Å². The molecule has 2 aromatic rings. The van der Waals surface area contributed by atoms with E-state index in [1.165, 1.54) is 38.5 Å². The van der Waals surface area contributed by atoms with Crippen molar-refractivity contribution in [3.05, 3.63) is 51.5 Å². The molecule has 222 valence electrons. The molecule has 0 spiro atoms. The van der Waals surface area contributed by atoms with Gasteiger partial charge in [-0.2, -0.15) is 0 Å². The predicted molar refractivity (Wildman–Crippen MR) is 173 cm³/mol. The van der Waals surface area contributed by atoms with E-state index in [-0.39, 0.29) is 17.6 Å². The number of rotatable bonds is 12. The van der Waals surface area contributed by atoms with Gasteiger partial charge in [0.2, 0.25) is 5.91 Å². The summed E-state index contributed by atoms with van der Waals surface area (Å²) in [7, 11) is 1.65. The van der Waals surface area contributed by atoms with E-state index < -0.39 is 0 Å². The monoisotopic (exact) mass is 614 g/mol. The zero-order chi connectivity index (χ0) is 29.7. The molecule has 5 nitrogen and oxygen atoms in total. The molecule has 0 radical (unpaired) electrons. The number of hydrogen-bond acceptors (Lipinski definition) is 4. The van der Waals surface area contributed by atoms with Crippen molar-refractivity contribution in [2.24, 2.45) is 11.8 Å². The number of halogens is 1. The number of Topliss-reactive ketones (excluding diaryl/α,β-unsaturated/α-hetero) is 1. The molecular weight excluding hydrogens is 564 g/mol. The average molecular weight is 616 g/mol. The molecule has 0 heterocycles. The van der Waals surface area contributed by atoms with Gasteiger partial charge in [-0.3, -0.25) is 9.59 Å². The van der Waals surface area contributed by atoms with Crippen LogP contribution < -0.4 is 15.4 Å². The number of ketones is 1. The molecule has 1 unspecified atom stereocenters. The van der Waals surface area contributed by atoms with Crippen molar-refractivity contribution in [1.82, 2.24) is 0 Å². The summed E-state index contributed by atoms with van der Waals surface area (Å²) < 4.78 is 6.32. The normalized spacial score (nSPS) is 17.3. The predicted octanol–water partition coefficient (Wildman–Crippen LogP) is 9.75. The largest absolute Gasteiger partial charge is 0.496 e. The van der Waals surface area contributed by atoms with Gasteiger partial charge in [0, 0.05) is 39.4 Å². The van der Waals surface area contributed by atoms with Crippen molar-refractivity contribution in [3.63, 3.8) is 0 Å². The highest BCUT2D eigenvalue weighted by molar-refractivity contribution is 9.10. The molecule has 1 atom stereocenters. The van der Waals surface area contributed by atoms with E-state index >= 15 is 0 Å². The summed E-state index contributed by atoms with van der Waals surface area (Å²) in [4.78, 5) is 24.1. The van der Waals surface area contributed by atoms with Crippen LogP contribution in [0.1, 0.15) is 114 Å². The van der Waals surface area contributed by atoms with Crippen LogP contribution in [0.3, 0.4) is 0 Å². The Morgan fingerprint density at radius 3 is 2.27 bits per heavy atom. The minimum Gasteiger partial charge on any atom is -0.496 e. The summed E-state index contributed by atoms with van der Waals surface area (Å²) in [6, 6.07) is 10.4. The zero-order valence-electron chi connectivity index (χ0n) is 25.8. The Bertz CT molecular complexity index is 1090. The smallest absolute Gasteiger partial charge is 0.227 e. The first kappa shape index (κ1) is 33.9. The highest BCUT2D eigenvalue weighted by Crippen LogP contribution is 2.32. The Hall–Kier alpha value is -2.34. The van der Waals surface area contributed by atoms with Gasteiger partial charge in [0.05, 0.1) is 7.11 Å². The molecule has 0 saturated heterocycles. The van der Waals surface area contributed by atoms with Crippen molar-refractivity contribution in [1.29, 1.82) is 0 Å². The van der Waals surface area contributed by atoms with Gasteiger partial charge in [-0.15, -0.1) is 0 Å². The fraction of sp³-hybridized carbons (Fsp3) is 0.588. The Labute approximate surface area is 251 Å². The number of methoxy groups -OCH3 is 1. The second-order valence-electron chi connectivity index (χ2n) is 11.1. The van der Waals surface area contributed by atoms with Gasteiger partial charge >= 0.3 is 0 Å². The quantitative estimate of drug-likeness (QED) is 0.233. The Morgan fingerprint density at radius 2 is 1.73 bits per heavy atom. The first-order valence-electron chi connectivity index (χ1n) is 15.2. The lowest BCUT2D eigenvalue weighted by Crippen LogP contribution is -2.27. The van der Waals surface area contributed by atoms with Crippen LogP contribution in [-0.2, 0) is 11.2 Å². The van der Waals surface area contributed by atoms with Gasteiger partial charge in [0.25, 0.3) is 0 Å². The fourth-order valence-corrected chi connectivity index (χ4v) is 6.17. The summed E-state index contributed by atoms with van der Waals surface area (Å²) >= 11 is 3.60. The summed E-state index contributed by atoms with van der Waals surface area (Å²) in [5.41, 5.74) is 4.88. The number of ether oxygens (including phenoxy) is 1. The molecule has 1 amide bonds. The highest BCUT2D eigenvalue weighted by atomic mass is 79.9. The van der Waals surface area contributed by atoms with Gasteiger partial charge in [-0.1, -0.05) is 69.0 Å². The van der Waals surface area contributed by atoms with Gasteiger partial charge in [-0.05, 0) is 94.0 Å². The molecule has 1 aliphatic carbocycles. The maximum Gasteiger partial charge on any atom is 0.227 e.